The molecule has 0 atom stereocenters. The molecule has 0 aliphatic heterocycles. The van der Waals surface area contributed by atoms with Gasteiger partial charge in [-0.2, -0.15) is 0 Å². The molecule has 0 unspecified atom stereocenters. The Morgan fingerprint density at radius 3 is 2.31 bits per heavy atom. The average Bonchev–Trinajstić information content (AvgIpc) is 2.31. The quantitative estimate of drug-likeness (QED) is 0.599. The Kier molecular flexibility index (Phi) is 5.92. The van der Waals surface area contributed by atoms with Crippen LogP contribution in [0, 0.1) is 6.92 Å². The maximum atomic E-state index is 2.42. The molecule has 0 saturated heterocycles. The highest BCUT2D eigenvalue weighted by molar-refractivity contribution is 5.65. The van der Waals surface area contributed by atoms with Gasteiger partial charge in [0.15, 0.2) is 0 Å². The van der Waals surface area contributed by atoms with Crippen molar-refractivity contribution >= 4 is 5.57 Å². The lowest BCUT2D eigenvalue weighted by Crippen LogP contribution is -1.86. The van der Waals surface area contributed by atoms with Gasteiger partial charge in [0, 0.05) is 0 Å². The van der Waals surface area contributed by atoms with Gasteiger partial charge >= 0.3 is 0 Å². The lowest BCUT2D eigenvalue weighted by atomic mass is 9.98. The summed E-state index contributed by atoms with van der Waals surface area (Å²) in [5, 5.41) is 0. The first kappa shape index (κ1) is 13.0. The molecule has 0 saturated carbocycles. The van der Waals surface area contributed by atoms with Crippen LogP contribution in [0.3, 0.4) is 0 Å². The highest BCUT2D eigenvalue weighted by Crippen LogP contribution is 2.22. The molecular weight excluding hydrogens is 192 g/mol. The lowest BCUT2D eigenvalue weighted by molar-refractivity contribution is 0.820. The molecule has 1 aromatic rings. The van der Waals surface area contributed by atoms with Crippen molar-refractivity contribution < 1.29 is 0 Å². The predicted octanol–water partition coefficient (Wildman–Crippen LogP) is 5.37. The van der Waals surface area contributed by atoms with Crippen molar-refractivity contribution in [3.8, 4) is 0 Å². The van der Waals surface area contributed by atoms with Crippen molar-refractivity contribution in [3.05, 3.63) is 41.5 Å². The Balaban J connectivity index is 2.78. The van der Waals surface area contributed by atoms with Gasteiger partial charge in [-0.1, -0.05) is 62.6 Å². The Labute approximate surface area is 100 Å². The third-order valence-corrected chi connectivity index (χ3v) is 2.90. The second-order valence-electron chi connectivity index (χ2n) is 4.49. The second kappa shape index (κ2) is 7.27. The largest absolute Gasteiger partial charge is 0.0807 e. The minimum absolute atomic E-state index is 1.20. The van der Waals surface area contributed by atoms with E-state index in [1.165, 1.54) is 48.8 Å². The van der Waals surface area contributed by atoms with E-state index in [0.717, 1.165) is 0 Å². The number of hydrogen-bond donors (Lipinski definition) is 0. The summed E-state index contributed by atoms with van der Waals surface area (Å²) in [6.07, 6.45) is 8.65. The lowest BCUT2D eigenvalue weighted by Gasteiger charge is -2.08. The standard InChI is InChI=1S/C16H24/c1-4-6-8-15(9-7-5-2)16-12-10-14(3)11-13-16/h8,10-13H,4-7,9H2,1-3H3. The van der Waals surface area contributed by atoms with Crippen LogP contribution in [-0.2, 0) is 0 Å². The van der Waals surface area contributed by atoms with Crippen LogP contribution in [0.5, 0.6) is 0 Å². The fraction of sp³-hybridized carbons (Fsp3) is 0.500. The Hall–Kier alpha value is -1.04. The number of allylic oxidation sites excluding steroid dienone is 2. The average molecular weight is 216 g/mol. The van der Waals surface area contributed by atoms with Gasteiger partial charge in [-0.15, -0.1) is 0 Å². The number of aryl methyl sites for hydroxylation is 1. The van der Waals surface area contributed by atoms with Gasteiger partial charge in [-0.05, 0) is 37.3 Å². The number of unbranched alkanes of at least 4 members (excludes halogenated alkanes) is 2. The van der Waals surface area contributed by atoms with E-state index in [1.54, 1.807) is 0 Å². The van der Waals surface area contributed by atoms with Crippen molar-refractivity contribution in [2.24, 2.45) is 0 Å². The molecule has 1 rings (SSSR count). The van der Waals surface area contributed by atoms with Crippen LogP contribution in [0.1, 0.15) is 57.1 Å². The summed E-state index contributed by atoms with van der Waals surface area (Å²) >= 11 is 0. The van der Waals surface area contributed by atoms with Crippen molar-refractivity contribution in [2.75, 3.05) is 0 Å². The van der Waals surface area contributed by atoms with Crippen molar-refractivity contribution in [3.63, 3.8) is 0 Å². The predicted molar refractivity (Wildman–Crippen MR) is 73.6 cm³/mol. The van der Waals surface area contributed by atoms with Gasteiger partial charge in [0.25, 0.3) is 0 Å². The van der Waals surface area contributed by atoms with Crippen LogP contribution < -0.4 is 0 Å². The first-order chi connectivity index (χ1) is 7.77. The topological polar surface area (TPSA) is 0 Å². The molecule has 0 aromatic heterocycles. The van der Waals surface area contributed by atoms with E-state index in [1.807, 2.05) is 0 Å². The summed E-state index contributed by atoms with van der Waals surface area (Å²) in [5.41, 5.74) is 4.28. The van der Waals surface area contributed by atoms with Crippen LogP contribution in [0.25, 0.3) is 5.57 Å². The smallest absolute Gasteiger partial charge is 0.0228 e. The van der Waals surface area contributed by atoms with Crippen LogP contribution in [0.2, 0.25) is 0 Å². The van der Waals surface area contributed by atoms with Crippen molar-refractivity contribution in [2.45, 2.75) is 52.9 Å². The van der Waals surface area contributed by atoms with Gasteiger partial charge in [0.2, 0.25) is 0 Å². The molecule has 0 N–H and O–H groups in total. The zero-order chi connectivity index (χ0) is 11.8. The van der Waals surface area contributed by atoms with Crippen LogP contribution in [-0.4, -0.2) is 0 Å². The number of hydrogen-bond acceptors (Lipinski definition) is 0. The Morgan fingerprint density at radius 2 is 1.75 bits per heavy atom. The van der Waals surface area contributed by atoms with E-state index >= 15 is 0 Å². The van der Waals surface area contributed by atoms with Gasteiger partial charge in [0.1, 0.15) is 0 Å². The van der Waals surface area contributed by atoms with E-state index in [2.05, 4.69) is 51.1 Å². The zero-order valence-electron chi connectivity index (χ0n) is 10.9. The van der Waals surface area contributed by atoms with Gasteiger partial charge in [-0.25, -0.2) is 0 Å². The second-order valence-corrected chi connectivity index (χ2v) is 4.49. The monoisotopic (exact) mass is 216 g/mol. The number of benzene rings is 1. The molecule has 88 valence electrons. The molecule has 0 aliphatic carbocycles. The SMILES string of the molecule is CCCC=C(CCCC)c1ccc(C)cc1. The molecular formula is C16H24. The summed E-state index contributed by atoms with van der Waals surface area (Å²) in [6.45, 7) is 6.64. The summed E-state index contributed by atoms with van der Waals surface area (Å²) in [5.74, 6) is 0. The Bertz CT molecular complexity index is 316. The van der Waals surface area contributed by atoms with Gasteiger partial charge in [-0.3, -0.25) is 0 Å². The van der Waals surface area contributed by atoms with Gasteiger partial charge in [0.05, 0.1) is 0 Å². The maximum Gasteiger partial charge on any atom is -0.0228 e. The third-order valence-electron chi connectivity index (χ3n) is 2.90. The van der Waals surface area contributed by atoms with Crippen molar-refractivity contribution in [1.82, 2.24) is 0 Å². The molecule has 0 radical (unpaired) electrons. The highest BCUT2D eigenvalue weighted by Gasteiger charge is 2.00. The molecule has 0 spiro atoms. The molecule has 0 heterocycles. The first-order valence-corrected chi connectivity index (χ1v) is 6.54. The van der Waals surface area contributed by atoms with Crippen LogP contribution >= 0.6 is 0 Å². The van der Waals surface area contributed by atoms with E-state index < -0.39 is 0 Å². The fourth-order valence-corrected chi connectivity index (χ4v) is 1.82. The third kappa shape index (κ3) is 4.22. The summed E-state index contributed by atoms with van der Waals surface area (Å²) in [6, 6.07) is 8.93. The van der Waals surface area contributed by atoms with Crippen LogP contribution in [0.15, 0.2) is 30.3 Å². The molecule has 1 aromatic carbocycles. The zero-order valence-corrected chi connectivity index (χ0v) is 10.9. The van der Waals surface area contributed by atoms with Gasteiger partial charge < -0.3 is 0 Å². The van der Waals surface area contributed by atoms with Crippen molar-refractivity contribution in [1.29, 1.82) is 0 Å². The molecule has 16 heavy (non-hydrogen) atoms. The number of rotatable bonds is 6. The van der Waals surface area contributed by atoms with E-state index in [4.69, 9.17) is 0 Å². The first-order valence-electron chi connectivity index (χ1n) is 6.54. The van der Waals surface area contributed by atoms with E-state index in [0.29, 0.717) is 0 Å². The molecule has 0 aliphatic rings. The molecule has 0 heteroatoms. The van der Waals surface area contributed by atoms with E-state index in [-0.39, 0.29) is 0 Å². The minimum Gasteiger partial charge on any atom is -0.0807 e. The van der Waals surface area contributed by atoms with E-state index in [9.17, 15) is 0 Å². The molecule has 0 bridgehead atoms. The molecule has 0 fully saturated rings. The fourth-order valence-electron chi connectivity index (χ4n) is 1.82. The minimum atomic E-state index is 1.20. The summed E-state index contributed by atoms with van der Waals surface area (Å²) in [7, 11) is 0. The molecule has 0 amide bonds. The molecule has 0 nitrogen and oxygen atoms in total. The normalized spacial score (nSPS) is 11.8. The van der Waals surface area contributed by atoms with Crippen LogP contribution in [0.4, 0.5) is 0 Å². The highest BCUT2D eigenvalue weighted by atomic mass is 14.1. The summed E-state index contributed by atoms with van der Waals surface area (Å²) in [4.78, 5) is 0. The summed E-state index contributed by atoms with van der Waals surface area (Å²) < 4.78 is 0. The maximum absolute atomic E-state index is 2.42. The Morgan fingerprint density at radius 1 is 1.06 bits per heavy atom.